The smallest absolute Gasteiger partial charge is 0.312 e. The van der Waals surface area contributed by atoms with Crippen molar-refractivity contribution in [2.24, 2.45) is 5.92 Å². The van der Waals surface area contributed by atoms with Crippen molar-refractivity contribution in [3.63, 3.8) is 0 Å². The molecule has 1 N–H and O–H groups in total. The van der Waals surface area contributed by atoms with Gasteiger partial charge in [-0.15, -0.1) is 11.3 Å². The van der Waals surface area contributed by atoms with Crippen molar-refractivity contribution < 1.29 is 19.1 Å². The van der Waals surface area contributed by atoms with Crippen molar-refractivity contribution in [1.29, 1.82) is 0 Å². The van der Waals surface area contributed by atoms with Crippen LogP contribution in [0.25, 0.3) is 10.6 Å². The van der Waals surface area contributed by atoms with Gasteiger partial charge in [-0.05, 0) is 43.0 Å². The Bertz CT molecular complexity index is 803. The molecule has 0 aliphatic heterocycles. The number of esters is 1. The van der Waals surface area contributed by atoms with Gasteiger partial charge in [-0.1, -0.05) is 19.8 Å². The molecule has 6 nitrogen and oxygen atoms in total. The fourth-order valence-electron chi connectivity index (χ4n) is 3.38. The lowest BCUT2D eigenvalue weighted by molar-refractivity contribution is -0.148. The molecule has 1 aromatic heterocycles. The fourth-order valence-corrected chi connectivity index (χ4v) is 4.20. The number of nitrogens with one attached hydrogen (secondary N) is 1. The lowest BCUT2D eigenvalue weighted by atomic mass is 9.86. The summed E-state index contributed by atoms with van der Waals surface area (Å²) in [4.78, 5) is 28.6. The third kappa shape index (κ3) is 5.55. The number of hydrogen-bond donors (Lipinski definition) is 1. The topological polar surface area (TPSA) is 77.5 Å². The van der Waals surface area contributed by atoms with E-state index >= 15 is 0 Å². The Hall–Kier alpha value is -2.41. The Morgan fingerprint density at radius 1 is 1.21 bits per heavy atom. The quantitative estimate of drug-likeness (QED) is 0.716. The average molecular weight is 403 g/mol. The first-order valence-corrected chi connectivity index (χ1v) is 10.5. The molecule has 2 aromatic rings. The molecule has 150 valence electrons. The standard InChI is InChI=1S/C21H26N2O4S/c1-14-5-3-4-6-18(14)23-19(24)12-27-20(25)11-16-13-28-21(22-16)15-7-9-17(26-2)10-8-15/h7-10,13-14,18H,3-6,11-12H2,1-2H3,(H,23,24). The molecule has 0 radical (unpaired) electrons. The van der Waals surface area contributed by atoms with E-state index in [-0.39, 0.29) is 25.0 Å². The van der Waals surface area contributed by atoms with Gasteiger partial charge in [0.1, 0.15) is 10.8 Å². The summed E-state index contributed by atoms with van der Waals surface area (Å²) < 4.78 is 10.3. The summed E-state index contributed by atoms with van der Waals surface area (Å²) in [5.41, 5.74) is 1.61. The molecule has 7 heteroatoms. The highest BCUT2D eigenvalue weighted by Gasteiger charge is 2.23. The summed E-state index contributed by atoms with van der Waals surface area (Å²) >= 11 is 1.47. The molecule has 1 fully saturated rings. The zero-order chi connectivity index (χ0) is 19.9. The average Bonchev–Trinajstić information content (AvgIpc) is 3.16. The minimum atomic E-state index is -0.446. The van der Waals surface area contributed by atoms with Crippen LogP contribution in [-0.2, 0) is 20.7 Å². The summed E-state index contributed by atoms with van der Waals surface area (Å²) in [5, 5.41) is 5.65. The fraction of sp³-hybridized carbons (Fsp3) is 0.476. The molecule has 0 spiro atoms. The predicted molar refractivity (Wildman–Crippen MR) is 108 cm³/mol. The van der Waals surface area contributed by atoms with E-state index in [4.69, 9.17) is 9.47 Å². The number of benzene rings is 1. The second-order valence-electron chi connectivity index (χ2n) is 7.15. The number of aromatic nitrogens is 1. The SMILES string of the molecule is COc1ccc(-c2nc(CC(=O)OCC(=O)NC3CCCCC3C)cs2)cc1. The largest absolute Gasteiger partial charge is 0.497 e. The lowest BCUT2D eigenvalue weighted by Crippen LogP contribution is -2.42. The summed E-state index contributed by atoms with van der Waals surface area (Å²) in [7, 11) is 1.62. The summed E-state index contributed by atoms with van der Waals surface area (Å²) in [5.74, 6) is 0.576. The van der Waals surface area contributed by atoms with Gasteiger partial charge < -0.3 is 14.8 Å². The highest BCUT2D eigenvalue weighted by molar-refractivity contribution is 7.13. The molecule has 1 saturated carbocycles. The van der Waals surface area contributed by atoms with Gasteiger partial charge in [0.15, 0.2) is 6.61 Å². The maximum absolute atomic E-state index is 12.0. The third-order valence-electron chi connectivity index (χ3n) is 5.04. The van der Waals surface area contributed by atoms with E-state index < -0.39 is 5.97 Å². The maximum Gasteiger partial charge on any atom is 0.312 e. The molecule has 3 rings (SSSR count). The number of carbonyl (C=O) groups excluding carboxylic acids is 2. The van der Waals surface area contributed by atoms with Crippen LogP contribution in [0.1, 0.15) is 38.3 Å². The van der Waals surface area contributed by atoms with Crippen LogP contribution in [0.4, 0.5) is 0 Å². The van der Waals surface area contributed by atoms with Gasteiger partial charge in [0, 0.05) is 17.0 Å². The number of carbonyl (C=O) groups is 2. The minimum absolute atomic E-state index is 0.0553. The van der Waals surface area contributed by atoms with Crippen LogP contribution >= 0.6 is 11.3 Å². The van der Waals surface area contributed by atoms with Crippen molar-refractivity contribution in [2.45, 2.75) is 45.1 Å². The monoisotopic (exact) mass is 402 g/mol. The maximum atomic E-state index is 12.0. The number of ether oxygens (including phenoxy) is 2. The summed E-state index contributed by atoms with van der Waals surface area (Å²) in [6, 6.07) is 7.78. The second kappa shape index (κ2) is 9.68. The first-order valence-electron chi connectivity index (χ1n) is 9.59. The molecule has 0 saturated heterocycles. The van der Waals surface area contributed by atoms with Crippen molar-refractivity contribution in [2.75, 3.05) is 13.7 Å². The molecule has 1 heterocycles. The van der Waals surface area contributed by atoms with E-state index in [9.17, 15) is 9.59 Å². The molecule has 1 aliphatic carbocycles. The number of methoxy groups -OCH3 is 1. The van der Waals surface area contributed by atoms with Crippen LogP contribution in [0, 0.1) is 5.92 Å². The summed E-state index contributed by atoms with van der Waals surface area (Å²) in [6.45, 7) is 1.91. The van der Waals surface area contributed by atoms with E-state index in [1.54, 1.807) is 7.11 Å². The summed E-state index contributed by atoms with van der Waals surface area (Å²) in [6.07, 6.45) is 4.53. The minimum Gasteiger partial charge on any atom is -0.497 e. The van der Waals surface area contributed by atoms with Gasteiger partial charge in [-0.2, -0.15) is 0 Å². The van der Waals surface area contributed by atoms with E-state index in [0.29, 0.717) is 11.6 Å². The molecule has 2 atom stereocenters. The molecule has 0 bridgehead atoms. The first-order chi connectivity index (χ1) is 13.5. The van der Waals surface area contributed by atoms with E-state index in [1.165, 1.54) is 17.8 Å². The number of nitrogens with zero attached hydrogens (tertiary/aromatic N) is 1. The molecule has 1 amide bonds. The number of rotatable bonds is 7. The number of thiazole rings is 1. The molecule has 1 aromatic carbocycles. The highest BCUT2D eigenvalue weighted by atomic mass is 32.1. The normalized spacial score (nSPS) is 19.1. The molecule has 28 heavy (non-hydrogen) atoms. The van der Waals surface area contributed by atoms with Crippen molar-refractivity contribution in [3.05, 3.63) is 35.3 Å². The Morgan fingerprint density at radius 3 is 2.68 bits per heavy atom. The Labute approximate surface area is 169 Å². The highest BCUT2D eigenvalue weighted by Crippen LogP contribution is 2.26. The van der Waals surface area contributed by atoms with Crippen LogP contribution in [0.5, 0.6) is 5.75 Å². The van der Waals surface area contributed by atoms with E-state index in [2.05, 4.69) is 17.2 Å². The first kappa shape index (κ1) is 20.3. The van der Waals surface area contributed by atoms with Crippen molar-refractivity contribution in [1.82, 2.24) is 10.3 Å². The zero-order valence-electron chi connectivity index (χ0n) is 16.3. The van der Waals surface area contributed by atoms with Crippen LogP contribution in [0.15, 0.2) is 29.6 Å². The van der Waals surface area contributed by atoms with Crippen LogP contribution in [-0.4, -0.2) is 36.6 Å². The van der Waals surface area contributed by atoms with Gasteiger partial charge in [0.05, 0.1) is 19.2 Å². The number of hydrogen-bond acceptors (Lipinski definition) is 6. The van der Waals surface area contributed by atoms with Gasteiger partial charge in [0.25, 0.3) is 5.91 Å². The van der Waals surface area contributed by atoms with Crippen LogP contribution < -0.4 is 10.1 Å². The van der Waals surface area contributed by atoms with Gasteiger partial charge >= 0.3 is 5.97 Å². The number of amides is 1. The van der Waals surface area contributed by atoms with Gasteiger partial charge in [-0.25, -0.2) is 4.98 Å². The van der Waals surface area contributed by atoms with E-state index in [1.807, 2.05) is 29.6 Å². The van der Waals surface area contributed by atoms with Gasteiger partial charge in [-0.3, -0.25) is 9.59 Å². The van der Waals surface area contributed by atoms with E-state index in [0.717, 1.165) is 35.6 Å². The molecule has 1 aliphatic rings. The van der Waals surface area contributed by atoms with Gasteiger partial charge in [0.2, 0.25) is 0 Å². The predicted octanol–water partition coefficient (Wildman–Crippen LogP) is 3.60. The lowest BCUT2D eigenvalue weighted by Gasteiger charge is -2.29. The van der Waals surface area contributed by atoms with Crippen molar-refractivity contribution in [3.8, 4) is 16.3 Å². The third-order valence-corrected chi connectivity index (χ3v) is 5.98. The Morgan fingerprint density at radius 2 is 1.96 bits per heavy atom. The van der Waals surface area contributed by atoms with Crippen molar-refractivity contribution >= 4 is 23.2 Å². The van der Waals surface area contributed by atoms with Crippen LogP contribution in [0.2, 0.25) is 0 Å². The molecule has 2 unspecified atom stereocenters. The second-order valence-corrected chi connectivity index (χ2v) is 8.00. The Balaban J connectivity index is 1.45. The Kier molecular flexibility index (Phi) is 7.03. The molecular weight excluding hydrogens is 376 g/mol. The molecular formula is C21H26N2O4S. The zero-order valence-corrected chi connectivity index (χ0v) is 17.1. The van der Waals surface area contributed by atoms with Crippen LogP contribution in [0.3, 0.4) is 0 Å².